The van der Waals surface area contributed by atoms with Gasteiger partial charge in [-0.15, -0.1) is 0 Å². The molecule has 1 heterocycles. The lowest BCUT2D eigenvalue weighted by atomic mass is 10.2. The van der Waals surface area contributed by atoms with Gasteiger partial charge < -0.3 is 19.5 Å². The summed E-state index contributed by atoms with van der Waals surface area (Å²) in [6, 6.07) is 7.87. The molecule has 2 aromatic carbocycles. The smallest absolute Gasteiger partial charge is 0.339 e. The van der Waals surface area contributed by atoms with Gasteiger partial charge in [0.2, 0.25) is 15.9 Å². The summed E-state index contributed by atoms with van der Waals surface area (Å²) in [5, 5.41) is 2.73. The van der Waals surface area contributed by atoms with Crippen molar-refractivity contribution in [1.29, 1.82) is 0 Å². The third-order valence-electron chi connectivity index (χ3n) is 4.60. The molecule has 11 heteroatoms. The summed E-state index contributed by atoms with van der Waals surface area (Å²) in [6.07, 6.45) is 1.01. The van der Waals surface area contributed by atoms with Crippen molar-refractivity contribution in [2.45, 2.75) is 19.9 Å². The van der Waals surface area contributed by atoms with Crippen molar-refractivity contribution in [2.24, 2.45) is 0 Å². The van der Waals surface area contributed by atoms with Crippen LogP contribution in [0.25, 0.3) is 0 Å². The molecule has 1 aliphatic heterocycles. The molecule has 0 spiro atoms. The Balaban J connectivity index is 1.83. The number of benzene rings is 2. The van der Waals surface area contributed by atoms with E-state index in [1.807, 2.05) is 0 Å². The van der Waals surface area contributed by atoms with E-state index in [-0.39, 0.29) is 22.9 Å². The van der Waals surface area contributed by atoms with Gasteiger partial charge >= 0.3 is 5.97 Å². The van der Waals surface area contributed by atoms with E-state index in [0.29, 0.717) is 30.4 Å². The van der Waals surface area contributed by atoms with Crippen LogP contribution in [0.15, 0.2) is 36.4 Å². The lowest BCUT2D eigenvalue weighted by Gasteiger charge is -2.29. The average Bonchev–Trinajstić information content (AvgIpc) is 2.73. The lowest BCUT2D eigenvalue weighted by Crippen LogP contribution is -2.45. The Morgan fingerprint density at radius 1 is 1.16 bits per heavy atom. The molecular formula is C21H23ClN2O7S. The van der Waals surface area contributed by atoms with Crippen molar-refractivity contribution in [1.82, 2.24) is 0 Å². The van der Waals surface area contributed by atoms with Crippen molar-refractivity contribution in [3.05, 3.63) is 47.0 Å². The van der Waals surface area contributed by atoms with E-state index in [4.69, 9.17) is 25.8 Å². The Morgan fingerprint density at radius 2 is 1.84 bits per heavy atom. The van der Waals surface area contributed by atoms with E-state index in [9.17, 15) is 18.0 Å². The molecule has 0 aliphatic carbocycles. The Labute approximate surface area is 191 Å². The van der Waals surface area contributed by atoms with Gasteiger partial charge in [-0.25, -0.2) is 13.2 Å². The molecule has 2 aromatic rings. The molecule has 0 fully saturated rings. The Morgan fingerprint density at radius 3 is 2.47 bits per heavy atom. The van der Waals surface area contributed by atoms with Crippen LogP contribution in [-0.4, -0.2) is 52.4 Å². The molecule has 172 valence electrons. The molecule has 1 N–H and O–H groups in total. The summed E-state index contributed by atoms with van der Waals surface area (Å²) in [5.74, 6) is -0.269. The van der Waals surface area contributed by atoms with Crippen molar-refractivity contribution in [3.63, 3.8) is 0 Å². The van der Waals surface area contributed by atoms with E-state index in [1.54, 1.807) is 19.1 Å². The third kappa shape index (κ3) is 5.25. The molecule has 0 radical (unpaired) electrons. The van der Waals surface area contributed by atoms with E-state index in [2.05, 4.69) is 5.32 Å². The molecule has 0 bridgehead atoms. The third-order valence-corrected chi connectivity index (χ3v) is 6.16. The van der Waals surface area contributed by atoms with Gasteiger partial charge in [-0.1, -0.05) is 11.6 Å². The molecule has 0 saturated heterocycles. The number of ether oxygens (including phenoxy) is 3. The standard InChI is InChI=1S/C21H23ClN2O7S/c1-4-29-21(26)16-7-5-14(11-17(16)22)23-20(25)13(2)24(32(3,27)28)15-6-8-18-19(12-15)31-10-9-30-18/h5-8,11-13H,4,9-10H2,1-3H3,(H,23,25). The second-order valence-electron chi connectivity index (χ2n) is 6.97. The van der Waals surface area contributed by atoms with Gasteiger partial charge in [-0.2, -0.15) is 0 Å². The molecule has 9 nitrogen and oxygen atoms in total. The first kappa shape index (κ1) is 23.7. The molecule has 1 unspecified atom stereocenters. The summed E-state index contributed by atoms with van der Waals surface area (Å²) in [4.78, 5) is 24.8. The predicted molar refractivity (Wildman–Crippen MR) is 120 cm³/mol. The zero-order chi connectivity index (χ0) is 23.5. The monoisotopic (exact) mass is 482 g/mol. The minimum Gasteiger partial charge on any atom is -0.486 e. The number of rotatable bonds is 7. The van der Waals surface area contributed by atoms with Crippen molar-refractivity contribution < 1.29 is 32.2 Å². The quantitative estimate of drug-likeness (QED) is 0.603. The topological polar surface area (TPSA) is 111 Å². The highest BCUT2D eigenvalue weighted by atomic mass is 35.5. The molecule has 1 atom stereocenters. The van der Waals surface area contributed by atoms with E-state index >= 15 is 0 Å². The number of nitrogens with one attached hydrogen (secondary N) is 1. The largest absolute Gasteiger partial charge is 0.486 e. The second-order valence-corrected chi connectivity index (χ2v) is 9.23. The van der Waals surface area contributed by atoms with Crippen LogP contribution in [0.2, 0.25) is 5.02 Å². The Bertz CT molecular complexity index is 1140. The van der Waals surface area contributed by atoms with Crippen molar-refractivity contribution in [2.75, 3.05) is 35.7 Å². The predicted octanol–water partition coefficient (Wildman–Crippen LogP) is 3.08. The van der Waals surface area contributed by atoms with Gasteiger partial charge in [-0.05, 0) is 44.2 Å². The first-order chi connectivity index (χ1) is 15.1. The Kier molecular flexibility index (Phi) is 7.15. The molecule has 0 saturated carbocycles. The Hall–Kier alpha value is -2.98. The van der Waals surface area contributed by atoms with Gasteiger partial charge in [-0.3, -0.25) is 9.10 Å². The number of hydrogen-bond acceptors (Lipinski definition) is 7. The zero-order valence-corrected chi connectivity index (χ0v) is 19.3. The van der Waals surface area contributed by atoms with Gasteiger partial charge in [0.15, 0.2) is 11.5 Å². The lowest BCUT2D eigenvalue weighted by molar-refractivity contribution is -0.116. The maximum Gasteiger partial charge on any atom is 0.339 e. The van der Waals surface area contributed by atoms with Crippen LogP contribution < -0.4 is 19.1 Å². The van der Waals surface area contributed by atoms with Crippen LogP contribution in [0.5, 0.6) is 11.5 Å². The number of fused-ring (bicyclic) bond motifs is 1. The summed E-state index contributed by atoms with van der Waals surface area (Å²) >= 11 is 6.14. The SMILES string of the molecule is CCOC(=O)c1ccc(NC(=O)C(C)N(c2ccc3c(c2)OCCO3)S(C)(=O)=O)cc1Cl. The number of nitrogens with zero attached hydrogens (tertiary/aromatic N) is 1. The fraction of sp³-hybridized carbons (Fsp3) is 0.333. The number of carbonyl (C=O) groups is 2. The fourth-order valence-corrected chi connectivity index (χ4v) is 4.62. The van der Waals surface area contributed by atoms with Gasteiger partial charge in [0.25, 0.3) is 0 Å². The zero-order valence-electron chi connectivity index (χ0n) is 17.8. The van der Waals surface area contributed by atoms with Gasteiger partial charge in [0, 0.05) is 11.8 Å². The second kappa shape index (κ2) is 9.66. The summed E-state index contributed by atoms with van der Waals surface area (Å²) < 4.78 is 42.0. The molecule has 32 heavy (non-hydrogen) atoms. The number of halogens is 1. The van der Waals surface area contributed by atoms with Gasteiger partial charge in [0.1, 0.15) is 19.3 Å². The van der Waals surface area contributed by atoms with E-state index in [0.717, 1.165) is 10.6 Å². The van der Waals surface area contributed by atoms with Crippen molar-refractivity contribution >= 4 is 44.9 Å². The number of anilines is 2. The first-order valence-electron chi connectivity index (χ1n) is 9.78. The fourth-order valence-electron chi connectivity index (χ4n) is 3.19. The normalized spacial score (nSPS) is 13.8. The van der Waals surface area contributed by atoms with Crippen LogP contribution in [-0.2, 0) is 19.6 Å². The highest BCUT2D eigenvalue weighted by Gasteiger charge is 2.30. The highest BCUT2D eigenvalue weighted by molar-refractivity contribution is 7.92. The van der Waals surface area contributed by atoms with Crippen LogP contribution in [0.1, 0.15) is 24.2 Å². The van der Waals surface area contributed by atoms with Crippen LogP contribution in [0.3, 0.4) is 0 Å². The summed E-state index contributed by atoms with van der Waals surface area (Å²) in [7, 11) is -3.82. The number of esters is 1. The van der Waals surface area contributed by atoms with Crippen LogP contribution in [0.4, 0.5) is 11.4 Å². The van der Waals surface area contributed by atoms with Crippen molar-refractivity contribution in [3.8, 4) is 11.5 Å². The minimum atomic E-state index is -3.82. The molecule has 3 rings (SSSR count). The summed E-state index contributed by atoms with van der Waals surface area (Å²) in [6.45, 7) is 4.08. The van der Waals surface area contributed by atoms with Crippen LogP contribution >= 0.6 is 11.6 Å². The first-order valence-corrected chi connectivity index (χ1v) is 12.0. The highest BCUT2D eigenvalue weighted by Crippen LogP contribution is 2.35. The van der Waals surface area contributed by atoms with E-state index in [1.165, 1.54) is 31.2 Å². The number of hydrogen-bond donors (Lipinski definition) is 1. The molecule has 1 amide bonds. The number of carbonyl (C=O) groups excluding carboxylic acids is 2. The molecule has 0 aromatic heterocycles. The van der Waals surface area contributed by atoms with Gasteiger partial charge in [0.05, 0.1) is 29.1 Å². The molecule has 1 aliphatic rings. The van der Waals surface area contributed by atoms with E-state index < -0.39 is 27.9 Å². The summed E-state index contributed by atoms with van der Waals surface area (Å²) in [5.41, 5.74) is 0.722. The number of amides is 1. The maximum atomic E-state index is 12.9. The minimum absolute atomic E-state index is 0.0979. The number of sulfonamides is 1. The van der Waals surface area contributed by atoms with Crippen LogP contribution in [0, 0.1) is 0 Å². The maximum absolute atomic E-state index is 12.9. The molecular weight excluding hydrogens is 460 g/mol. The average molecular weight is 483 g/mol.